The van der Waals surface area contributed by atoms with Gasteiger partial charge in [-0.05, 0) is 25.0 Å². The summed E-state index contributed by atoms with van der Waals surface area (Å²) in [5.74, 6) is 0.673. The Bertz CT molecular complexity index is 767. The van der Waals surface area contributed by atoms with Crippen molar-refractivity contribution in [3.63, 3.8) is 0 Å². The van der Waals surface area contributed by atoms with Crippen LogP contribution in [-0.4, -0.2) is 50.0 Å². The van der Waals surface area contributed by atoms with E-state index in [1.165, 1.54) is 0 Å². The van der Waals surface area contributed by atoms with Crippen molar-refractivity contribution in [2.45, 2.75) is 12.8 Å². The van der Waals surface area contributed by atoms with Crippen molar-refractivity contribution in [2.24, 2.45) is 5.92 Å². The van der Waals surface area contributed by atoms with Crippen LogP contribution in [-0.2, 0) is 4.74 Å². The average molecular weight is 367 g/mol. The number of hydrogen-bond donors (Lipinski definition) is 0. The first-order valence-electron chi connectivity index (χ1n) is 9.30. The van der Waals surface area contributed by atoms with E-state index in [9.17, 15) is 9.59 Å². The second-order valence-corrected chi connectivity index (χ2v) is 6.63. The number of ketones is 1. The molecule has 1 aliphatic rings. The second kappa shape index (κ2) is 9.33. The number of nitrogens with zero attached hydrogens (tertiary/aromatic N) is 1. The summed E-state index contributed by atoms with van der Waals surface area (Å²) in [6, 6.07) is 16.6. The van der Waals surface area contributed by atoms with E-state index in [1.54, 1.807) is 19.2 Å². The molecule has 0 bridgehead atoms. The number of carbonyl (C=O) groups is 2. The first-order chi connectivity index (χ1) is 13.2. The SMILES string of the molecule is COCCOc1ccccc1C(=O)N1CCC(C(=O)c2ccccc2)CC1. The van der Waals surface area contributed by atoms with Crippen molar-refractivity contribution in [1.82, 2.24) is 4.90 Å². The van der Waals surface area contributed by atoms with Crippen molar-refractivity contribution in [2.75, 3.05) is 33.4 Å². The summed E-state index contributed by atoms with van der Waals surface area (Å²) in [4.78, 5) is 27.4. The fourth-order valence-corrected chi connectivity index (χ4v) is 3.36. The van der Waals surface area contributed by atoms with Crippen LogP contribution < -0.4 is 4.74 Å². The van der Waals surface area contributed by atoms with Crippen molar-refractivity contribution in [3.8, 4) is 5.75 Å². The van der Waals surface area contributed by atoms with Crippen LogP contribution >= 0.6 is 0 Å². The second-order valence-electron chi connectivity index (χ2n) is 6.63. The Morgan fingerprint density at radius 1 is 0.963 bits per heavy atom. The van der Waals surface area contributed by atoms with E-state index >= 15 is 0 Å². The zero-order chi connectivity index (χ0) is 19.1. The molecule has 0 radical (unpaired) electrons. The zero-order valence-electron chi connectivity index (χ0n) is 15.6. The zero-order valence-corrected chi connectivity index (χ0v) is 15.6. The van der Waals surface area contributed by atoms with Gasteiger partial charge in [-0.15, -0.1) is 0 Å². The first-order valence-corrected chi connectivity index (χ1v) is 9.30. The number of amides is 1. The van der Waals surface area contributed by atoms with Gasteiger partial charge in [0.25, 0.3) is 5.91 Å². The molecule has 1 saturated heterocycles. The molecule has 0 unspecified atom stereocenters. The molecule has 27 heavy (non-hydrogen) atoms. The van der Waals surface area contributed by atoms with Gasteiger partial charge in [0.15, 0.2) is 5.78 Å². The summed E-state index contributed by atoms with van der Waals surface area (Å²) in [5.41, 5.74) is 1.31. The van der Waals surface area contributed by atoms with Crippen molar-refractivity contribution >= 4 is 11.7 Å². The van der Waals surface area contributed by atoms with E-state index in [2.05, 4.69) is 0 Å². The van der Waals surface area contributed by atoms with Crippen LogP contribution in [0, 0.1) is 5.92 Å². The smallest absolute Gasteiger partial charge is 0.257 e. The van der Waals surface area contributed by atoms with E-state index in [1.807, 2.05) is 47.4 Å². The molecule has 0 aromatic heterocycles. The lowest BCUT2D eigenvalue weighted by Crippen LogP contribution is -2.40. The minimum atomic E-state index is -0.0476. The van der Waals surface area contributed by atoms with Gasteiger partial charge >= 0.3 is 0 Å². The van der Waals surface area contributed by atoms with Crippen LogP contribution in [0.3, 0.4) is 0 Å². The van der Waals surface area contributed by atoms with E-state index < -0.39 is 0 Å². The van der Waals surface area contributed by atoms with Gasteiger partial charge in [-0.25, -0.2) is 0 Å². The minimum absolute atomic E-state index is 0.0235. The molecule has 0 saturated carbocycles. The molecule has 0 N–H and O–H groups in total. The van der Waals surface area contributed by atoms with Crippen LogP contribution in [0.15, 0.2) is 54.6 Å². The third-order valence-electron chi connectivity index (χ3n) is 4.87. The average Bonchev–Trinajstić information content (AvgIpc) is 2.74. The number of likely N-dealkylation sites (tertiary alicyclic amines) is 1. The number of carbonyl (C=O) groups excluding carboxylic acids is 2. The lowest BCUT2D eigenvalue weighted by atomic mass is 9.88. The highest BCUT2D eigenvalue weighted by atomic mass is 16.5. The molecule has 142 valence electrons. The lowest BCUT2D eigenvalue weighted by molar-refractivity contribution is 0.0645. The number of para-hydroxylation sites is 1. The Hall–Kier alpha value is -2.66. The fraction of sp³-hybridized carbons (Fsp3) is 0.364. The number of benzene rings is 2. The highest BCUT2D eigenvalue weighted by Gasteiger charge is 2.29. The van der Waals surface area contributed by atoms with Gasteiger partial charge in [0.1, 0.15) is 12.4 Å². The number of ether oxygens (including phenoxy) is 2. The fourth-order valence-electron chi connectivity index (χ4n) is 3.36. The molecule has 0 atom stereocenters. The van der Waals surface area contributed by atoms with E-state index in [4.69, 9.17) is 9.47 Å². The Morgan fingerprint density at radius 3 is 2.33 bits per heavy atom. The van der Waals surface area contributed by atoms with E-state index in [-0.39, 0.29) is 17.6 Å². The van der Waals surface area contributed by atoms with Gasteiger partial charge in [0.2, 0.25) is 0 Å². The van der Waals surface area contributed by atoms with Crippen molar-refractivity contribution in [1.29, 1.82) is 0 Å². The van der Waals surface area contributed by atoms with Gasteiger partial charge in [0, 0.05) is 31.7 Å². The van der Waals surface area contributed by atoms with Gasteiger partial charge in [-0.2, -0.15) is 0 Å². The lowest BCUT2D eigenvalue weighted by Gasteiger charge is -2.31. The first kappa shape index (κ1) is 19.1. The van der Waals surface area contributed by atoms with E-state index in [0.717, 1.165) is 5.56 Å². The molecule has 1 fully saturated rings. The Balaban J connectivity index is 1.61. The summed E-state index contributed by atoms with van der Waals surface area (Å²) in [5, 5.41) is 0. The molecule has 3 rings (SSSR count). The quantitative estimate of drug-likeness (QED) is 0.556. The molecule has 5 nitrogen and oxygen atoms in total. The molecule has 1 aliphatic heterocycles. The molecule has 1 amide bonds. The summed E-state index contributed by atoms with van der Waals surface area (Å²) in [6.45, 7) is 2.02. The van der Waals surface area contributed by atoms with Gasteiger partial charge in [0.05, 0.1) is 12.2 Å². The van der Waals surface area contributed by atoms with E-state index in [0.29, 0.717) is 50.5 Å². The maximum atomic E-state index is 12.9. The predicted molar refractivity (Wildman–Crippen MR) is 103 cm³/mol. The molecule has 5 heteroatoms. The monoisotopic (exact) mass is 367 g/mol. The van der Waals surface area contributed by atoms with Crippen LogP contribution in [0.2, 0.25) is 0 Å². The number of rotatable bonds is 7. The molecule has 2 aromatic rings. The summed E-state index contributed by atoms with van der Waals surface area (Å²) >= 11 is 0. The van der Waals surface area contributed by atoms with Crippen LogP contribution in [0.4, 0.5) is 0 Å². The number of hydrogen-bond acceptors (Lipinski definition) is 4. The van der Waals surface area contributed by atoms with Crippen LogP contribution in [0.1, 0.15) is 33.6 Å². The summed E-state index contributed by atoms with van der Waals surface area (Å²) in [6.07, 6.45) is 1.37. The largest absolute Gasteiger partial charge is 0.490 e. The number of methoxy groups -OCH3 is 1. The molecule has 2 aromatic carbocycles. The molecular formula is C22H25NO4. The molecule has 0 spiro atoms. The highest BCUT2D eigenvalue weighted by Crippen LogP contribution is 2.25. The Morgan fingerprint density at radius 2 is 1.63 bits per heavy atom. The molecule has 0 aliphatic carbocycles. The third-order valence-corrected chi connectivity index (χ3v) is 4.87. The highest BCUT2D eigenvalue weighted by molar-refractivity contribution is 5.99. The predicted octanol–water partition coefficient (Wildman–Crippen LogP) is 3.45. The maximum Gasteiger partial charge on any atom is 0.257 e. The van der Waals surface area contributed by atoms with Gasteiger partial charge < -0.3 is 14.4 Å². The normalized spacial score (nSPS) is 14.8. The van der Waals surface area contributed by atoms with Crippen LogP contribution in [0.5, 0.6) is 5.75 Å². The number of piperidine rings is 1. The Kier molecular flexibility index (Phi) is 6.60. The van der Waals surface area contributed by atoms with Gasteiger partial charge in [-0.1, -0.05) is 42.5 Å². The standard InChI is InChI=1S/C22H25NO4/c1-26-15-16-27-20-10-6-5-9-19(20)22(25)23-13-11-18(12-14-23)21(24)17-7-3-2-4-8-17/h2-10,18H,11-16H2,1H3. The maximum absolute atomic E-state index is 12.9. The van der Waals surface area contributed by atoms with Crippen molar-refractivity contribution < 1.29 is 19.1 Å². The summed E-state index contributed by atoms with van der Waals surface area (Å²) < 4.78 is 10.7. The Labute approximate surface area is 159 Å². The molecular weight excluding hydrogens is 342 g/mol. The topological polar surface area (TPSA) is 55.8 Å². The summed E-state index contributed by atoms with van der Waals surface area (Å²) in [7, 11) is 1.61. The minimum Gasteiger partial charge on any atom is -0.490 e. The van der Waals surface area contributed by atoms with Crippen LogP contribution in [0.25, 0.3) is 0 Å². The van der Waals surface area contributed by atoms with Crippen molar-refractivity contribution in [3.05, 3.63) is 65.7 Å². The number of Topliss-reactive ketones (excluding diaryl/α,β-unsaturated/α-hetero) is 1. The third kappa shape index (κ3) is 4.74. The molecule has 1 heterocycles. The van der Waals surface area contributed by atoms with Gasteiger partial charge in [-0.3, -0.25) is 9.59 Å².